The van der Waals surface area contributed by atoms with Gasteiger partial charge in [0.05, 0.1) is 11.1 Å². The summed E-state index contributed by atoms with van der Waals surface area (Å²) in [6, 6.07) is 14.7. The molecule has 0 saturated carbocycles. The van der Waals surface area contributed by atoms with Gasteiger partial charge in [0.2, 0.25) is 0 Å². The second kappa shape index (κ2) is 6.97. The number of nitrogens with one attached hydrogen (secondary N) is 1. The molecule has 2 aromatic carbocycles. The van der Waals surface area contributed by atoms with Gasteiger partial charge in [-0.05, 0) is 61.4 Å². The van der Waals surface area contributed by atoms with Crippen LogP contribution in [0.5, 0.6) is 0 Å². The lowest BCUT2D eigenvalue weighted by atomic mass is 9.97. The van der Waals surface area contributed by atoms with Crippen molar-refractivity contribution in [2.45, 2.75) is 20.4 Å². The molecule has 0 atom stereocenters. The lowest BCUT2D eigenvalue weighted by molar-refractivity contribution is 0.0951. The number of hydrogen-bond acceptors (Lipinski definition) is 6. The number of benzene rings is 3. The Morgan fingerprint density at radius 1 is 1.00 bits per heavy atom. The fourth-order valence-electron chi connectivity index (χ4n) is 4.27. The Hall–Kier alpha value is -4.62. The van der Waals surface area contributed by atoms with E-state index < -0.39 is 0 Å². The summed E-state index contributed by atoms with van der Waals surface area (Å²) in [6.07, 6.45) is 0. The number of rotatable bonds is 3. The molecule has 0 fully saturated rings. The molecule has 0 spiro atoms. The molecule has 7 heteroatoms. The van der Waals surface area contributed by atoms with Crippen LogP contribution < -0.4 is 11.1 Å². The Labute approximate surface area is 183 Å². The van der Waals surface area contributed by atoms with E-state index in [0.29, 0.717) is 40.2 Å². The van der Waals surface area contributed by atoms with E-state index in [0.717, 1.165) is 38.4 Å². The third kappa shape index (κ3) is 2.80. The van der Waals surface area contributed by atoms with Crippen molar-refractivity contribution in [2.75, 3.05) is 5.73 Å². The molecule has 5 aromatic rings. The Balaban J connectivity index is 1.52. The number of furan rings is 2. The van der Waals surface area contributed by atoms with E-state index in [1.165, 1.54) is 0 Å². The minimum absolute atomic E-state index is 0.213. The number of aromatic nitrogens is 1. The first-order valence-electron chi connectivity index (χ1n) is 9.97. The molecule has 154 valence electrons. The van der Waals surface area contributed by atoms with Crippen LogP contribution in [0.15, 0.2) is 40.8 Å². The highest BCUT2D eigenvalue weighted by Crippen LogP contribution is 2.41. The van der Waals surface area contributed by atoms with Crippen molar-refractivity contribution < 1.29 is 9.21 Å². The molecule has 0 aliphatic rings. The van der Waals surface area contributed by atoms with Gasteiger partial charge >= 0.3 is 0 Å². The van der Waals surface area contributed by atoms with Crippen molar-refractivity contribution in [2.24, 2.45) is 0 Å². The quantitative estimate of drug-likeness (QED) is 0.416. The molecule has 3 heterocycles. The van der Waals surface area contributed by atoms with Crippen LogP contribution >= 0.6 is 0 Å². The SMILES string of the molecule is Cc1cc(N)nc(C)c1CNC(=O)c1ccc2c(c1)c1oc2c2cc(C#N)c(C#N)cc21. The Bertz CT molecular complexity index is 1630. The Morgan fingerprint density at radius 2 is 1.62 bits per heavy atom. The largest absolute Gasteiger partial charge is 0.455 e. The lowest BCUT2D eigenvalue weighted by Crippen LogP contribution is -2.24. The average molecular weight is 419 g/mol. The van der Waals surface area contributed by atoms with Crippen molar-refractivity contribution in [3.05, 3.63) is 69.9 Å². The van der Waals surface area contributed by atoms with E-state index in [2.05, 4.69) is 22.4 Å². The first kappa shape index (κ1) is 19.3. The van der Waals surface area contributed by atoms with Crippen molar-refractivity contribution >= 4 is 44.4 Å². The number of nitrogens with two attached hydrogens (primary N) is 1. The minimum Gasteiger partial charge on any atom is -0.455 e. The number of aryl methyl sites for hydroxylation is 2. The maximum absolute atomic E-state index is 12.9. The highest BCUT2D eigenvalue weighted by atomic mass is 16.3. The minimum atomic E-state index is -0.213. The molecule has 2 bridgehead atoms. The van der Waals surface area contributed by atoms with Gasteiger partial charge in [-0.1, -0.05) is 0 Å². The smallest absolute Gasteiger partial charge is 0.251 e. The first-order valence-corrected chi connectivity index (χ1v) is 9.97. The van der Waals surface area contributed by atoms with Crippen molar-refractivity contribution in [1.82, 2.24) is 10.3 Å². The van der Waals surface area contributed by atoms with Crippen molar-refractivity contribution in [3.8, 4) is 12.1 Å². The molecule has 0 aliphatic carbocycles. The fraction of sp³-hybridized carbons (Fsp3) is 0.120. The summed E-state index contributed by atoms with van der Waals surface area (Å²) in [7, 11) is 0. The summed E-state index contributed by atoms with van der Waals surface area (Å²) >= 11 is 0. The summed E-state index contributed by atoms with van der Waals surface area (Å²) < 4.78 is 5.98. The van der Waals surface area contributed by atoms with E-state index in [1.54, 1.807) is 30.3 Å². The molecular formula is C25H17N5O2. The number of carbonyl (C=O) groups excluding carboxylic acids is 1. The van der Waals surface area contributed by atoms with Gasteiger partial charge < -0.3 is 15.5 Å². The van der Waals surface area contributed by atoms with E-state index in [-0.39, 0.29) is 5.91 Å². The van der Waals surface area contributed by atoms with Gasteiger partial charge in [0.1, 0.15) is 29.1 Å². The highest BCUT2D eigenvalue weighted by molar-refractivity contribution is 6.26. The summed E-state index contributed by atoms with van der Waals surface area (Å²) in [4.78, 5) is 17.1. The fourth-order valence-corrected chi connectivity index (χ4v) is 4.27. The predicted octanol–water partition coefficient (Wildman–Crippen LogP) is 4.44. The second-order valence-electron chi connectivity index (χ2n) is 7.80. The van der Waals surface area contributed by atoms with Crippen LogP contribution in [-0.2, 0) is 6.54 Å². The van der Waals surface area contributed by atoms with Gasteiger partial charge in [0, 0.05) is 39.3 Å². The molecule has 0 unspecified atom stereocenters. The number of nitriles is 2. The number of nitrogens with zero attached hydrogens (tertiary/aromatic N) is 3. The lowest BCUT2D eigenvalue weighted by Gasteiger charge is -2.11. The van der Waals surface area contributed by atoms with E-state index >= 15 is 0 Å². The van der Waals surface area contributed by atoms with Crippen molar-refractivity contribution in [1.29, 1.82) is 10.5 Å². The number of amides is 1. The number of anilines is 1. The predicted molar refractivity (Wildman–Crippen MR) is 121 cm³/mol. The highest BCUT2D eigenvalue weighted by Gasteiger charge is 2.20. The molecule has 3 aromatic heterocycles. The van der Waals surface area contributed by atoms with Crippen molar-refractivity contribution in [3.63, 3.8) is 0 Å². The second-order valence-corrected chi connectivity index (χ2v) is 7.80. The van der Waals surface area contributed by atoms with Gasteiger partial charge in [0.25, 0.3) is 5.91 Å². The molecule has 7 nitrogen and oxygen atoms in total. The van der Waals surface area contributed by atoms with E-state index in [1.807, 2.05) is 19.9 Å². The molecule has 5 rings (SSSR count). The molecular weight excluding hydrogens is 402 g/mol. The number of nitrogen functional groups attached to an aromatic ring is 1. The zero-order valence-electron chi connectivity index (χ0n) is 17.4. The summed E-state index contributed by atoms with van der Waals surface area (Å²) in [5, 5.41) is 24.8. The number of fused-ring (bicyclic) bond motifs is 8. The van der Waals surface area contributed by atoms with Gasteiger partial charge in [-0.15, -0.1) is 0 Å². The van der Waals surface area contributed by atoms with Gasteiger partial charge in [-0.2, -0.15) is 10.5 Å². The number of pyridine rings is 1. The van der Waals surface area contributed by atoms with Gasteiger partial charge in [-0.25, -0.2) is 4.98 Å². The maximum Gasteiger partial charge on any atom is 0.251 e. The van der Waals surface area contributed by atoms with E-state index in [9.17, 15) is 15.3 Å². The molecule has 3 N–H and O–H groups in total. The van der Waals surface area contributed by atoms with Crippen LogP contribution in [0.4, 0.5) is 5.82 Å². The third-order valence-electron chi connectivity index (χ3n) is 5.86. The standard InChI is InChI=1S/C25H17N5O2/c1-12-5-22(28)30-13(2)21(12)11-29-25(31)14-3-4-17-18(6-14)24-20-8-16(10-27)15(9-26)7-19(20)23(17)32-24/h3-8H,11H2,1-2H3,(H2,28,30)(H,29,31). The zero-order chi connectivity index (χ0) is 22.6. The molecule has 0 radical (unpaired) electrons. The van der Waals surface area contributed by atoms with Crippen LogP contribution in [0.25, 0.3) is 32.7 Å². The van der Waals surface area contributed by atoms with Crippen LogP contribution in [0, 0.1) is 36.5 Å². The van der Waals surface area contributed by atoms with E-state index in [4.69, 9.17) is 10.2 Å². The Kier molecular flexibility index (Phi) is 4.21. The molecule has 0 aliphatic heterocycles. The van der Waals surface area contributed by atoms with Crippen LogP contribution in [0.1, 0.15) is 38.3 Å². The topological polar surface area (TPSA) is 129 Å². The number of hydrogen-bond donors (Lipinski definition) is 2. The molecule has 1 amide bonds. The maximum atomic E-state index is 12.9. The third-order valence-corrected chi connectivity index (χ3v) is 5.86. The number of carbonyl (C=O) groups is 1. The average Bonchev–Trinajstić information content (AvgIpc) is 3.33. The molecule has 32 heavy (non-hydrogen) atoms. The first-order chi connectivity index (χ1) is 15.4. The van der Waals surface area contributed by atoms with Gasteiger partial charge in [0.15, 0.2) is 0 Å². The summed E-state index contributed by atoms with van der Waals surface area (Å²) in [5.41, 5.74) is 10.9. The van der Waals surface area contributed by atoms with Crippen LogP contribution in [0.2, 0.25) is 0 Å². The summed E-state index contributed by atoms with van der Waals surface area (Å²) in [6.45, 7) is 4.15. The Morgan fingerprint density at radius 3 is 2.25 bits per heavy atom. The van der Waals surface area contributed by atoms with Crippen LogP contribution in [0.3, 0.4) is 0 Å². The summed E-state index contributed by atoms with van der Waals surface area (Å²) in [5.74, 6) is 0.245. The normalized spacial score (nSPS) is 11.1. The van der Waals surface area contributed by atoms with Gasteiger partial charge in [-0.3, -0.25) is 4.79 Å². The van der Waals surface area contributed by atoms with Crippen LogP contribution in [-0.4, -0.2) is 10.9 Å². The monoisotopic (exact) mass is 419 g/mol. The molecule has 0 saturated heterocycles. The zero-order valence-corrected chi connectivity index (χ0v) is 17.4.